The summed E-state index contributed by atoms with van der Waals surface area (Å²) in [6.45, 7) is 12.2. The Labute approximate surface area is 143 Å². The van der Waals surface area contributed by atoms with Crippen LogP contribution < -0.4 is 5.32 Å². The lowest BCUT2D eigenvalue weighted by Crippen LogP contribution is -2.34. The molecule has 130 valence electrons. The first-order valence-corrected chi connectivity index (χ1v) is 8.73. The molecule has 0 saturated carbocycles. The minimum absolute atomic E-state index is 0.0434. The molecular formula is C18H27N5O. The largest absolute Gasteiger partial charge is 0.349 e. The molecule has 1 fully saturated rings. The average molecular weight is 329 g/mol. The number of nitrogens with one attached hydrogen (secondary N) is 1. The second kappa shape index (κ2) is 6.51. The molecule has 0 aliphatic carbocycles. The van der Waals surface area contributed by atoms with Crippen LogP contribution in [0.25, 0.3) is 5.65 Å². The molecule has 1 N–H and O–H groups in total. The fourth-order valence-electron chi connectivity index (χ4n) is 3.03. The summed E-state index contributed by atoms with van der Waals surface area (Å²) in [7, 11) is 0. The molecule has 0 unspecified atom stereocenters. The molecule has 2 aromatic rings. The van der Waals surface area contributed by atoms with E-state index in [4.69, 9.17) is 0 Å². The van der Waals surface area contributed by atoms with Gasteiger partial charge in [0.05, 0.1) is 5.69 Å². The van der Waals surface area contributed by atoms with E-state index >= 15 is 0 Å². The Hall–Kier alpha value is -1.95. The molecule has 6 heteroatoms. The zero-order chi connectivity index (χ0) is 17.3. The Morgan fingerprint density at radius 3 is 2.62 bits per heavy atom. The van der Waals surface area contributed by atoms with Crippen molar-refractivity contribution in [3.8, 4) is 0 Å². The highest BCUT2D eigenvalue weighted by Crippen LogP contribution is 2.22. The van der Waals surface area contributed by atoms with Gasteiger partial charge in [-0.2, -0.15) is 5.10 Å². The Bertz CT molecular complexity index is 738. The van der Waals surface area contributed by atoms with Crippen molar-refractivity contribution in [3.63, 3.8) is 0 Å². The van der Waals surface area contributed by atoms with Gasteiger partial charge in [0, 0.05) is 30.3 Å². The van der Waals surface area contributed by atoms with Gasteiger partial charge in [-0.15, -0.1) is 0 Å². The molecule has 1 amide bonds. The molecule has 3 heterocycles. The maximum Gasteiger partial charge on any atom is 0.270 e. The summed E-state index contributed by atoms with van der Waals surface area (Å²) in [5, 5.41) is 7.60. The number of rotatable bonds is 4. The number of likely N-dealkylation sites (tertiary alicyclic amines) is 1. The molecule has 0 atom stereocenters. The summed E-state index contributed by atoms with van der Waals surface area (Å²) < 4.78 is 1.81. The van der Waals surface area contributed by atoms with Crippen molar-refractivity contribution >= 4 is 11.6 Å². The van der Waals surface area contributed by atoms with Crippen molar-refractivity contribution in [1.82, 2.24) is 24.8 Å². The smallest absolute Gasteiger partial charge is 0.270 e. The van der Waals surface area contributed by atoms with E-state index < -0.39 is 0 Å². The molecular weight excluding hydrogens is 302 g/mol. The van der Waals surface area contributed by atoms with Crippen molar-refractivity contribution in [1.29, 1.82) is 0 Å². The van der Waals surface area contributed by atoms with E-state index in [1.54, 1.807) is 6.07 Å². The summed E-state index contributed by atoms with van der Waals surface area (Å²) in [6, 6.07) is 3.77. The number of carbonyl (C=O) groups excluding carboxylic acids is 1. The summed E-state index contributed by atoms with van der Waals surface area (Å²) in [6.07, 6.45) is 2.53. The van der Waals surface area contributed by atoms with Gasteiger partial charge in [-0.1, -0.05) is 20.8 Å². The number of aryl methyl sites for hydroxylation is 1. The highest BCUT2D eigenvalue weighted by molar-refractivity contribution is 5.92. The lowest BCUT2D eigenvalue weighted by molar-refractivity contribution is 0.0944. The summed E-state index contributed by atoms with van der Waals surface area (Å²) >= 11 is 0. The van der Waals surface area contributed by atoms with Gasteiger partial charge >= 0.3 is 0 Å². The Kier molecular flexibility index (Phi) is 4.58. The van der Waals surface area contributed by atoms with Crippen LogP contribution in [0.3, 0.4) is 0 Å². The molecule has 0 radical (unpaired) electrons. The van der Waals surface area contributed by atoms with Crippen molar-refractivity contribution in [2.75, 3.05) is 26.2 Å². The molecule has 24 heavy (non-hydrogen) atoms. The second-order valence-corrected chi connectivity index (χ2v) is 7.64. The van der Waals surface area contributed by atoms with E-state index in [1.807, 2.05) is 17.5 Å². The van der Waals surface area contributed by atoms with Gasteiger partial charge in [0.1, 0.15) is 5.69 Å². The maximum atomic E-state index is 12.4. The zero-order valence-corrected chi connectivity index (χ0v) is 15.1. The third kappa shape index (κ3) is 3.59. The molecule has 0 bridgehead atoms. The minimum Gasteiger partial charge on any atom is -0.349 e. The van der Waals surface area contributed by atoms with Crippen LogP contribution in [0.4, 0.5) is 0 Å². The Morgan fingerprint density at radius 1 is 1.25 bits per heavy atom. The van der Waals surface area contributed by atoms with Crippen molar-refractivity contribution in [2.24, 2.45) is 0 Å². The number of carbonyl (C=O) groups is 1. The predicted octanol–water partition coefficient (Wildman–Crippen LogP) is 2.16. The van der Waals surface area contributed by atoms with E-state index in [9.17, 15) is 4.79 Å². The van der Waals surface area contributed by atoms with Crippen LogP contribution in [0.1, 0.15) is 55.5 Å². The third-order valence-corrected chi connectivity index (χ3v) is 4.52. The van der Waals surface area contributed by atoms with Crippen molar-refractivity contribution in [3.05, 3.63) is 29.2 Å². The van der Waals surface area contributed by atoms with Gasteiger partial charge in [-0.05, 0) is 38.9 Å². The first kappa shape index (κ1) is 16.9. The molecule has 3 rings (SSSR count). The number of hydrogen-bond donors (Lipinski definition) is 1. The topological polar surface area (TPSA) is 62.5 Å². The van der Waals surface area contributed by atoms with Crippen molar-refractivity contribution < 1.29 is 4.79 Å². The number of nitrogens with zero attached hydrogens (tertiary/aromatic N) is 4. The first-order chi connectivity index (χ1) is 11.3. The minimum atomic E-state index is -0.113. The average Bonchev–Trinajstić information content (AvgIpc) is 3.15. The fraction of sp³-hybridized carbons (Fsp3) is 0.611. The van der Waals surface area contributed by atoms with Crippen molar-refractivity contribution in [2.45, 2.75) is 46.0 Å². The maximum absolute atomic E-state index is 12.4. The van der Waals surface area contributed by atoms with Crippen LogP contribution in [-0.4, -0.2) is 51.6 Å². The molecule has 6 nitrogen and oxygen atoms in total. The van der Waals surface area contributed by atoms with Gasteiger partial charge in [0.15, 0.2) is 5.65 Å². The number of hydrogen-bond acceptors (Lipinski definition) is 4. The molecule has 2 aromatic heterocycles. The van der Waals surface area contributed by atoms with Gasteiger partial charge in [0.25, 0.3) is 5.91 Å². The molecule has 1 saturated heterocycles. The van der Waals surface area contributed by atoms with E-state index in [1.165, 1.54) is 12.8 Å². The fourth-order valence-corrected chi connectivity index (χ4v) is 3.03. The normalized spacial score (nSPS) is 16.0. The first-order valence-electron chi connectivity index (χ1n) is 8.73. The highest BCUT2D eigenvalue weighted by Gasteiger charge is 2.20. The zero-order valence-electron chi connectivity index (χ0n) is 15.1. The summed E-state index contributed by atoms with van der Waals surface area (Å²) in [5.41, 5.74) is 3.04. The number of amides is 1. The van der Waals surface area contributed by atoms with Gasteiger partial charge in [-0.3, -0.25) is 4.79 Å². The van der Waals surface area contributed by atoms with E-state index in [0.29, 0.717) is 12.2 Å². The standard InChI is InChI=1S/C18H27N5O/c1-13-11-14(17(24)19-7-10-22-8-5-6-9-22)20-16-12-15(18(2,3)4)21-23(13)16/h11-12H,5-10H2,1-4H3,(H,19,24). The van der Waals surface area contributed by atoms with Crippen LogP contribution in [0.15, 0.2) is 12.1 Å². The van der Waals surface area contributed by atoms with E-state index in [2.05, 4.69) is 41.1 Å². The van der Waals surface area contributed by atoms with Crippen LogP contribution in [0, 0.1) is 6.92 Å². The van der Waals surface area contributed by atoms with Crippen LogP contribution in [0.2, 0.25) is 0 Å². The summed E-state index contributed by atoms with van der Waals surface area (Å²) in [5.74, 6) is -0.113. The van der Waals surface area contributed by atoms with E-state index in [0.717, 1.165) is 36.7 Å². The van der Waals surface area contributed by atoms with Crippen LogP contribution >= 0.6 is 0 Å². The SMILES string of the molecule is Cc1cc(C(=O)NCCN2CCCC2)nc2cc(C(C)(C)C)nn12. The predicted molar refractivity (Wildman–Crippen MR) is 94.4 cm³/mol. The lowest BCUT2D eigenvalue weighted by atomic mass is 9.93. The molecule has 0 spiro atoms. The van der Waals surface area contributed by atoms with E-state index in [-0.39, 0.29) is 11.3 Å². The Morgan fingerprint density at radius 2 is 1.96 bits per heavy atom. The molecule has 1 aliphatic rings. The van der Waals surface area contributed by atoms with Gasteiger partial charge in [0.2, 0.25) is 0 Å². The van der Waals surface area contributed by atoms with Gasteiger partial charge < -0.3 is 10.2 Å². The quantitative estimate of drug-likeness (QED) is 0.934. The highest BCUT2D eigenvalue weighted by atomic mass is 16.1. The lowest BCUT2D eigenvalue weighted by Gasteiger charge is -2.14. The summed E-state index contributed by atoms with van der Waals surface area (Å²) in [4.78, 5) is 19.3. The van der Waals surface area contributed by atoms with Gasteiger partial charge in [-0.25, -0.2) is 9.50 Å². The number of aromatic nitrogens is 3. The molecule has 1 aliphatic heterocycles. The Balaban J connectivity index is 1.72. The number of fused-ring (bicyclic) bond motifs is 1. The second-order valence-electron chi connectivity index (χ2n) is 7.64. The molecule has 0 aromatic carbocycles. The van der Waals surface area contributed by atoms with Crippen LogP contribution in [0.5, 0.6) is 0 Å². The monoisotopic (exact) mass is 329 g/mol. The third-order valence-electron chi connectivity index (χ3n) is 4.52. The van der Waals surface area contributed by atoms with Crippen LogP contribution in [-0.2, 0) is 5.41 Å².